The molecule has 0 fully saturated rings. The lowest BCUT2D eigenvalue weighted by atomic mass is 10.1. The average molecular weight is 212 g/mol. The number of benzene rings is 1. The van der Waals surface area contributed by atoms with Crippen molar-refractivity contribution in [1.29, 1.82) is 0 Å². The van der Waals surface area contributed by atoms with Gasteiger partial charge in [-0.05, 0) is 17.7 Å². The highest BCUT2D eigenvalue weighted by atomic mass is 32.2. The summed E-state index contributed by atoms with van der Waals surface area (Å²) < 4.78 is 13.0. The third kappa shape index (κ3) is 3.14. The van der Waals surface area contributed by atoms with Crippen molar-refractivity contribution in [2.24, 2.45) is 0 Å². The van der Waals surface area contributed by atoms with Crippen molar-refractivity contribution in [2.45, 2.75) is 30.2 Å². The van der Waals surface area contributed by atoms with Gasteiger partial charge in [0.25, 0.3) is 0 Å². The molecule has 1 aromatic rings. The monoisotopic (exact) mass is 212 g/mol. The standard InChI is InChI=1S/C11H13FOS/c1-8(2)14-10-5-3-4-9(6-10)11(12)7-13/h3-8,11H,1-2H3. The van der Waals surface area contributed by atoms with Crippen LogP contribution in [0.3, 0.4) is 0 Å². The van der Waals surface area contributed by atoms with Crippen LogP contribution in [0.1, 0.15) is 25.6 Å². The number of hydrogen-bond donors (Lipinski definition) is 0. The third-order valence-electron chi connectivity index (χ3n) is 1.67. The maximum absolute atomic E-state index is 13.0. The second-order valence-corrected chi connectivity index (χ2v) is 4.93. The van der Waals surface area contributed by atoms with Crippen molar-refractivity contribution in [2.75, 3.05) is 0 Å². The summed E-state index contributed by atoms with van der Waals surface area (Å²) in [4.78, 5) is 11.3. The number of hydrogen-bond acceptors (Lipinski definition) is 2. The number of carbonyl (C=O) groups is 1. The van der Waals surface area contributed by atoms with Gasteiger partial charge in [-0.25, -0.2) is 4.39 Å². The normalized spacial score (nSPS) is 12.9. The van der Waals surface area contributed by atoms with Gasteiger partial charge in [-0.1, -0.05) is 26.0 Å². The quantitative estimate of drug-likeness (QED) is 0.562. The summed E-state index contributed by atoms with van der Waals surface area (Å²) in [5.41, 5.74) is 0.436. The Kier molecular flexibility index (Phi) is 4.14. The molecule has 0 bridgehead atoms. The molecule has 0 N–H and O–H groups in total. The van der Waals surface area contributed by atoms with Gasteiger partial charge < -0.3 is 0 Å². The Bertz CT molecular complexity index is 312. The number of thioether (sulfide) groups is 1. The molecular formula is C11H13FOS. The molecule has 0 saturated carbocycles. The van der Waals surface area contributed by atoms with Crippen molar-refractivity contribution in [3.05, 3.63) is 29.8 Å². The second-order valence-electron chi connectivity index (χ2n) is 3.28. The Balaban J connectivity index is 2.83. The minimum absolute atomic E-state index is 0.319. The maximum Gasteiger partial charge on any atom is 0.180 e. The van der Waals surface area contributed by atoms with Crippen LogP contribution < -0.4 is 0 Å². The molecule has 0 spiro atoms. The number of rotatable bonds is 4. The highest BCUT2D eigenvalue weighted by Gasteiger charge is 2.08. The van der Waals surface area contributed by atoms with Gasteiger partial charge in [0.2, 0.25) is 0 Å². The van der Waals surface area contributed by atoms with E-state index in [1.165, 1.54) is 0 Å². The molecule has 1 aromatic carbocycles. The topological polar surface area (TPSA) is 17.1 Å². The van der Waals surface area contributed by atoms with Crippen LogP contribution in [0.4, 0.5) is 4.39 Å². The zero-order chi connectivity index (χ0) is 10.6. The molecule has 1 nitrogen and oxygen atoms in total. The first-order valence-electron chi connectivity index (χ1n) is 4.49. The summed E-state index contributed by atoms with van der Waals surface area (Å²) in [5, 5.41) is 0.458. The van der Waals surface area contributed by atoms with Gasteiger partial charge in [0.15, 0.2) is 12.5 Å². The lowest BCUT2D eigenvalue weighted by Gasteiger charge is -2.07. The van der Waals surface area contributed by atoms with Gasteiger partial charge in [-0.3, -0.25) is 4.79 Å². The molecule has 0 aliphatic carbocycles. The van der Waals surface area contributed by atoms with Gasteiger partial charge in [0, 0.05) is 10.1 Å². The van der Waals surface area contributed by atoms with E-state index in [1.807, 2.05) is 6.07 Å². The Morgan fingerprint density at radius 2 is 2.14 bits per heavy atom. The van der Waals surface area contributed by atoms with Crippen LogP contribution in [0, 0.1) is 0 Å². The van der Waals surface area contributed by atoms with Gasteiger partial charge in [0.1, 0.15) is 0 Å². The van der Waals surface area contributed by atoms with E-state index >= 15 is 0 Å². The first-order chi connectivity index (χ1) is 6.63. The van der Waals surface area contributed by atoms with Crippen LogP contribution in [0.25, 0.3) is 0 Å². The van der Waals surface area contributed by atoms with E-state index in [1.54, 1.807) is 30.0 Å². The van der Waals surface area contributed by atoms with Crippen molar-refractivity contribution in [3.63, 3.8) is 0 Å². The maximum atomic E-state index is 13.0. The van der Waals surface area contributed by atoms with Crippen molar-refractivity contribution < 1.29 is 9.18 Å². The lowest BCUT2D eigenvalue weighted by molar-refractivity contribution is -0.112. The minimum Gasteiger partial charge on any atom is -0.300 e. The average Bonchev–Trinajstić information content (AvgIpc) is 2.16. The largest absolute Gasteiger partial charge is 0.300 e. The molecule has 0 heterocycles. The van der Waals surface area contributed by atoms with E-state index in [9.17, 15) is 9.18 Å². The Morgan fingerprint density at radius 1 is 1.43 bits per heavy atom. The molecule has 3 heteroatoms. The Labute approximate surface area is 87.7 Å². The van der Waals surface area contributed by atoms with E-state index in [4.69, 9.17) is 0 Å². The van der Waals surface area contributed by atoms with Crippen LogP contribution in [0.15, 0.2) is 29.2 Å². The van der Waals surface area contributed by atoms with Crippen LogP contribution in [0.2, 0.25) is 0 Å². The third-order valence-corrected chi connectivity index (χ3v) is 2.67. The van der Waals surface area contributed by atoms with Gasteiger partial charge in [0.05, 0.1) is 0 Å². The van der Waals surface area contributed by atoms with Crippen molar-refractivity contribution in [1.82, 2.24) is 0 Å². The fraction of sp³-hybridized carbons (Fsp3) is 0.364. The van der Waals surface area contributed by atoms with E-state index in [0.29, 0.717) is 17.1 Å². The SMILES string of the molecule is CC(C)Sc1cccc(C(F)C=O)c1. The summed E-state index contributed by atoms with van der Waals surface area (Å²) >= 11 is 1.66. The number of alkyl halides is 1. The van der Waals surface area contributed by atoms with Crippen LogP contribution in [-0.2, 0) is 4.79 Å². The summed E-state index contributed by atoms with van der Waals surface area (Å²) in [6.45, 7) is 4.15. The fourth-order valence-corrected chi connectivity index (χ4v) is 2.02. The predicted molar refractivity (Wildman–Crippen MR) is 57.3 cm³/mol. The number of carbonyl (C=O) groups excluding carboxylic acids is 1. The number of halogens is 1. The first-order valence-corrected chi connectivity index (χ1v) is 5.37. The molecular weight excluding hydrogens is 199 g/mol. The van der Waals surface area contributed by atoms with Crippen LogP contribution in [0.5, 0.6) is 0 Å². The van der Waals surface area contributed by atoms with Crippen LogP contribution >= 0.6 is 11.8 Å². The lowest BCUT2D eigenvalue weighted by Crippen LogP contribution is -1.93. The molecule has 1 atom stereocenters. The molecule has 0 aliphatic rings. The summed E-state index contributed by atoms with van der Waals surface area (Å²) in [6.07, 6.45) is -1.18. The first kappa shape index (κ1) is 11.2. The minimum atomic E-state index is -1.50. The Hall–Kier alpha value is -0.830. The van der Waals surface area contributed by atoms with E-state index < -0.39 is 6.17 Å². The highest BCUT2D eigenvalue weighted by molar-refractivity contribution is 7.99. The molecule has 76 valence electrons. The Morgan fingerprint density at radius 3 is 2.71 bits per heavy atom. The van der Waals surface area contributed by atoms with E-state index in [0.717, 1.165) is 4.90 Å². The van der Waals surface area contributed by atoms with E-state index in [-0.39, 0.29) is 0 Å². The van der Waals surface area contributed by atoms with Crippen LogP contribution in [-0.4, -0.2) is 11.5 Å². The van der Waals surface area contributed by atoms with Gasteiger partial charge >= 0.3 is 0 Å². The molecule has 0 radical (unpaired) electrons. The fourth-order valence-electron chi connectivity index (χ4n) is 1.11. The molecule has 14 heavy (non-hydrogen) atoms. The molecule has 0 aliphatic heterocycles. The summed E-state index contributed by atoms with van der Waals surface area (Å²) in [7, 11) is 0. The molecule has 1 rings (SSSR count). The number of aldehydes is 1. The molecule has 0 amide bonds. The van der Waals surface area contributed by atoms with Gasteiger partial charge in [-0.2, -0.15) is 0 Å². The zero-order valence-electron chi connectivity index (χ0n) is 8.24. The summed E-state index contributed by atoms with van der Waals surface area (Å²) in [5.74, 6) is 0. The van der Waals surface area contributed by atoms with Crippen molar-refractivity contribution >= 4 is 18.0 Å². The summed E-state index contributed by atoms with van der Waals surface area (Å²) in [6, 6.07) is 7.05. The predicted octanol–water partition coefficient (Wildman–Crippen LogP) is 3.40. The highest BCUT2D eigenvalue weighted by Crippen LogP contribution is 2.26. The molecule has 0 saturated heterocycles. The van der Waals surface area contributed by atoms with Gasteiger partial charge in [-0.15, -0.1) is 11.8 Å². The molecule has 1 unspecified atom stereocenters. The molecule has 0 aromatic heterocycles. The second kappa shape index (κ2) is 5.15. The smallest absolute Gasteiger partial charge is 0.180 e. The van der Waals surface area contributed by atoms with Crippen molar-refractivity contribution in [3.8, 4) is 0 Å². The van der Waals surface area contributed by atoms with E-state index in [2.05, 4.69) is 13.8 Å². The zero-order valence-corrected chi connectivity index (χ0v) is 9.05.